The monoisotopic (exact) mass is 568 g/mol. The lowest BCUT2D eigenvalue weighted by Gasteiger charge is -2.25. The van der Waals surface area contributed by atoms with Gasteiger partial charge in [-0.3, -0.25) is 0 Å². The molecule has 0 spiro atoms. The minimum Gasteiger partial charge on any atom is -0.497 e. The fourth-order valence-corrected chi connectivity index (χ4v) is 3.92. The van der Waals surface area contributed by atoms with E-state index in [-0.39, 0.29) is 29.7 Å². The molecular weight excluding hydrogens is 531 g/mol. The van der Waals surface area contributed by atoms with Gasteiger partial charge in [0.15, 0.2) is 5.96 Å². The molecule has 1 aliphatic carbocycles. The summed E-state index contributed by atoms with van der Waals surface area (Å²) in [4.78, 5) is 4.58. The van der Waals surface area contributed by atoms with Gasteiger partial charge in [0.2, 0.25) is 10.0 Å². The van der Waals surface area contributed by atoms with Gasteiger partial charge in [-0.15, -0.1) is 24.0 Å². The second kappa shape index (κ2) is 15.7. The highest BCUT2D eigenvalue weighted by Gasteiger charge is 2.20. The van der Waals surface area contributed by atoms with E-state index in [1.165, 1.54) is 6.42 Å². The topological polar surface area (TPSA) is 101 Å². The van der Waals surface area contributed by atoms with Crippen molar-refractivity contribution in [3.63, 3.8) is 0 Å². The molecule has 0 bridgehead atoms. The van der Waals surface area contributed by atoms with Gasteiger partial charge in [0.05, 0.1) is 19.4 Å². The number of methoxy groups -OCH3 is 1. The zero-order chi connectivity index (χ0) is 21.7. The van der Waals surface area contributed by atoms with Gasteiger partial charge >= 0.3 is 0 Å². The SMILES string of the molecule is CCOCCCNC(=NCc1ccc(OC)cc1)NCCS(=O)(=O)NCC1CCC1.I. The average Bonchev–Trinajstić information content (AvgIpc) is 2.70. The highest BCUT2D eigenvalue weighted by molar-refractivity contribution is 14.0. The first-order valence-corrected chi connectivity index (χ1v) is 12.4. The third-order valence-corrected chi connectivity index (χ3v) is 6.37. The molecule has 31 heavy (non-hydrogen) atoms. The molecule has 1 saturated carbocycles. The predicted octanol–water partition coefficient (Wildman–Crippen LogP) is 2.49. The number of hydrogen-bond donors (Lipinski definition) is 3. The van der Waals surface area contributed by atoms with Gasteiger partial charge in [-0.2, -0.15) is 0 Å². The first-order valence-electron chi connectivity index (χ1n) is 10.7. The van der Waals surface area contributed by atoms with Gasteiger partial charge < -0.3 is 20.1 Å². The first-order chi connectivity index (χ1) is 14.5. The molecule has 0 amide bonds. The van der Waals surface area contributed by atoms with Crippen LogP contribution in [0.2, 0.25) is 0 Å². The van der Waals surface area contributed by atoms with Crippen molar-refractivity contribution in [3.8, 4) is 5.75 Å². The summed E-state index contributed by atoms with van der Waals surface area (Å²) in [6, 6.07) is 7.72. The average molecular weight is 569 g/mol. The largest absolute Gasteiger partial charge is 0.497 e. The Morgan fingerprint density at radius 1 is 1.16 bits per heavy atom. The van der Waals surface area contributed by atoms with E-state index in [4.69, 9.17) is 9.47 Å². The number of halogens is 1. The Morgan fingerprint density at radius 3 is 2.48 bits per heavy atom. The van der Waals surface area contributed by atoms with Crippen molar-refractivity contribution in [1.82, 2.24) is 15.4 Å². The molecule has 0 radical (unpaired) electrons. The lowest BCUT2D eigenvalue weighted by Crippen LogP contribution is -2.42. The molecule has 3 N–H and O–H groups in total. The van der Waals surface area contributed by atoms with Crippen LogP contribution in [0.4, 0.5) is 0 Å². The first kappa shape index (κ1) is 27.9. The number of hydrogen-bond acceptors (Lipinski definition) is 5. The van der Waals surface area contributed by atoms with Crippen LogP contribution >= 0.6 is 24.0 Å². The second-order valence-corrected chi connectivity index (χ2v) is 9.31. The van der Waals surface area contributed by atoms with Crippen LogP contribution in [0.5, 0.6) is 5.75 Å². The van der Waals surface area contributed by atoms with E-state index >= 15 is 0 Å². The lowest BCUT2D eigenvalue weighted by molar-refractivity contribution is 0.145. The molecule has 8 nitrogen and oxygen atoms in total. The van der Waals surface area contributed by atoms with Crippen molar-refractivity contribution < 1.29 is 17.9 Å². The van der Waals surface area contributed by atoms with Crippen LogP contribution in [0.15, 0.2) is 29.3 Å². The van der Waals surface area contributed by atoms with E-state index in [1.54, 1.807) is 7.11 Å². The van der Waals surface area contributed by atoms with Crippen LogP contribution in [0.1, 0.15) is 38.2 Å². The zero-order valence-corrected chi connectivity index (χ0v) is 21.7. The number of benzene rings is 1. The maximum Gasteiger partial charge on any atom is 0.213 e. The molecule has 2 rings (SSSR count). The number of rotatable bonds is 14. The molecule has 0 unspecified atom stereocenters. The van der Waals surface area contributed by atoms with Crippen molar-refractivity contribution in [1.29, 1.82) is 0 Å². The Morgan fingerprint density at radius 2 is 1.87 bits per heavy atom. The highest BCUT2D eigenvalue weighted by atomic mass is 127. The van der Waals surface area contributed by atoms with E-state index in [9.17, 15) is 8.42 Å². The third kappa shape index (κ3) is 11.9. The Balaban J connectivity index is 0.00000480. The van der Waals surface area contributed by atoms with Crippen LogP contribution in [-0.4, -0.2) is 60.1 Å². The maximum absolute atomic E-state index is 12.2. The van der Waals surface area contributed by atoms with E-state index in [2.05, 4.69) is 20.3 Å². The number of ether oxygens (including phenoxy) is 2. The quantitative estimate of drug-likeness (QED) is 0.138. The van der Waals surface area contributed by atoms with Crippen LogP contribution in [0.3, 0.4) is 0 Å². The standard InChI is InChI=1S/C21H36N4O4S.HI/c1-3-29-14-5-12-22-21(24-16-19-8-10-20(28-2)11-9-19)23-13-15-30(26,27)25-17-18-6-4-7-18;/h8-11,18,25H,3-7,12-17H2,1-2H3,(H2,22,23,24);1H. The maximum atomic E-state index is 12.2. The van der Waals surface area contributed by atoms with E-state index in [0.717, 1.165) is 30.6 Å². The van der Waals surface area contributed by atoms with Crippen LogP contribution in [-0.2, 0) is 21.3 Å². The van der Waals surface area contributed by atoms with E-state index in [1.807, 2.05) is 31.2 Å². The number of nitrogens with zero attached hydrogens (tertiary/aromatic N) is 1. The molecule has 0 aliphatic heterocycles. The van der Waals surface area contributed by atoms with Gasteiger partial charge in [0.1, 0.15) is 5.75 Å². The number of nitrogens with one attached hydrogen (secondary N) is 3. The van der Waals surface area contributed by atoms with Crippen LogP contribution in [0.25, 0.3) is 0 Å². The molecule has 1 aromatic carbocycles. The molecule has 10 heteroatoms. The summed E-state index contributed by atoms with van der Waals surface area (Å²) in [6.07, 6.45) is 4.29. The molecule has 0 saturated heterocycles. The lowest BCUT2D eigenvalue weighted by atomic mass is 9.86. The summed E-state index contributed by atoms with van der Waals surface area (Å²) < 4.78 is 37.6. The fourth-order valence-electron chi connectivity index (χ4n) is 2.92. The Kier molecular flexibility index (Phi) is 14.1. The van der Waals surface area contributed by atoms with Crippen LogP contribution < -0.4 is 20.1 Å². The van der Waals surface area contributed by atoms with Crippen molar-refractivity contribution in [2.24, 2.45) is 10.9 Å². The smallest absolute Gasteiger partial charge is 0.213 e. The molecule has 0 heterocycles. The summed E-state index contributed by atoms with van der Waals surface area (Å²) in [5.41, 5.74) is 1.04. The summed E-state index contributed by atoms with van der Waals surface area (Å²) in [5.74, 6) is 1.91. The van der Waals surface area contributed by atoms with Crippen molar-refractivity contribution in [2.45, 2.75) is 39.2 Å². The Hall–Kier alpha value is -1.11. The molecule has 0 aromatic heterocycles. The molecule has 1 fully saturated rings. The summed E-state index contributed by atoms with van der Waals surface area (Å²) in [7, 11) is -1.65. The summed E-state index contributed by atoms with van der Waals surface area (Å²) in [5, 5.41) is 6.37. The summed E-state index contributed by atoms with van der Waals surface area (Å²) in [6.45, 7) is 5.36. The Bertz CT molecular complexity index is 740. The number of aliphatic imine (C=N–C) groups is 1. The van der Waals surface area contributed by atoms with Crippen molar-refractivity contribution in [2.75, 3.05) is 45.7 Å². The van der Waals surface area contributed by atoms with Gasteiger partial charge in [-0.05, 0) is 49.8 Å². The number of guanidine groups is 1. The summed E-state index contributed by atoms with van der Waals surface area (Å²) >= 11 is 0. The van der Waals surface area contributed by atoms with Gasteiger partial charge in [-0.1, -0.05) is 18.6 Å². The Labute approximate surface area is 204 Å². The molecule has 0 atom stereocenters. The molecule has 1 aliphatic rings. The molecular formula is C21H37IN4O4S. The minimum absolute atomic E-state index is 0. The van der Waals surface area contributed by atoms with Crippen molar-refractivity contribution in [3.05, 3.63) is 29.8 Å². The van der Waals surface area contributed by atoms with Gasteiger partial charge in [-0.25, -0.2) is 18.1 Å². The zero-order valence-electron chi connectivity index (χ0n) is 18.6. The third-order valence-electron chi connectivity index (χ3n) is 5.02. The fraction of sp³-hybridized carbons (Fsp3) is 0.667. The highest BCUT2D eigenvalue weighted by Crippen LogP contribution is 2.25. The number of sulfonamides is 1. The normalized spacial score (nSPS) is 14.5. The molecule has 1 aromatic rings. The van der Waals surface area contributed by atoms with Gasteiger partial charge in [0.25, 0.3) is 0 Å². The molecule has 178 valence electrons. The predicted molar refractivity (Wildman–Crippen MR) is 136 cm³/mol. The minimum atomic E-state index is -3.29. The van der Waals surface area contributed by atoms with Crippen LogP contribution in [0, 0.1) is 5.92 Å². The second-order valence-electron chi connectivity index (χ2n) is 7.38. The van der Waals surface area contributed by atoms with E-state index in [0.29, 0.717) is 51.3 Å². The van der Waals surface area contributed by atoms with Crippen molar-refractivity contribution >= 4 is 40.0 Å². The van der Waals surface area contributed by atoms with Gasteiger partial charge in [0, 0.05) is 32.8 Å². The van der Waals surface area contributed by atoms with E-state index < -0.39 is 10.0 Å².